The number of nitrogens with one attached hydrogen (secondary N) is 1. The quantitative estimate of drug-likeness (QED) is 0.832. The Morgan fingerprint density at radius 1 is 1.06 bits per heavy atom. The Kier molecular flexibility index (Phi) is 3.29. The summed E-state index contributed by atoms with van der Waals surface area (Å²) in [7, 11) is 0. The van der Waals surface area contributed by atoms with E-state index in [1.54, 1.807) is 12.1 Å². The molecule has 0 aromatic carbocycles. The highest BCUT2D eigenvalue weighted by molar-refractivity contribution is 6.08. The second-order valence-electron chi connectivity index (χ2n) is 3.48. The van der Waals surface area contributed by atoms with Crippen LogP contribution in [0.4, 0.5) is 5.69 Å². The minimum Gasteiger partial charge on any atom is -0.366 e. The predicted molar refractivity (Wildman–Crippen MR) is 64.9 cm³/mol. The van der Waals surface area contributed by atoms with Crippen LogP contribution in [0.3, 0.4) is 0 Å². The first-order valence-electron chi connectivity index (χ1n) is 5.13. The number of rotatable bonds is 3. The van der Waals surface area contributed by atoms with Crippen molar-refractivity contribution in [3.63, 3.8) is 0 Å². The molecule has 6 heteroatoms. The van der Waals surface area contributed by atoms with Gasteiger partial charge in [-0.05, 0) is 18.2 Å². The molecule has 2 aromatic rings. The Labute approximate surface area is 103 Å². The number of anilines is 1. The van der Waals surface area contributed by atoms with Crippen molar-refractivity contribution in [2.45, 2.75) is 0 Å². The minimum absolute atomic E-state index is 0.215. The maximum Gasteiger partial charge on any atom is 0.255 e. The van der Waals surface area contributed by atoms with Crippen LogP contribution < -0.4 is 11.1 Å². The van der Waals surface area contributed by atoms with E-state index in [4.69, 9.17) is 5.73 Å². The number of pyridine rings is 2. The average molecular weight is 242 g/mol. The number of carbonyl (C=O) groups is 2. The van der Waals surface area contributed by atoms with Gasteiger partial charge < -0.3 is 11.1 Å². The zero-order chi connectivity index (χ0) is 13.0. The van der Waals surface area contributed by atoms with Gasteiger partial charge in [0.1, 0.15) is 0 Å². The summed E-state index contributed by atoms with van der Waals surface area (Å²) in [5.41, 5.74) is 6.13. The Bertz CT molecular complexity index is 584. The van der Waals surface area contributed by atoms with Crippen molar-refractivity contribution in [3.8, 4) is 0 Å². The summed E-state index contributed by atoms with van der Waals surface area (Å²) in [5, 5.41) is 2.58. The molecule has 0 unspecified atom stereocenters. The third-order valence-corrected chi connectivity index (χ3v) is 2.28. The minimum atomic E-state index is -0.623. The molecule has 2 rings (SSSR count). The first-order chi connectivity index (χ1) is 8.68. The lowest BCUT2D eigenvalue weighted by molar-refractivity contribution is 0.100. The zero-order valence-corrected chi connectivity index (χ0v) is 9.33. The molecule has 6 nitrogen and oxygen atoms in total. The molecular weight excluding hydrogens is 232 g/mol. The summed E-state index contributed by atoms with van der Waals surface area (Å²) in [6.45, 7) is 0. The fourth-order valence-corrected chi connectivity index (χ4v) is 1.41. The van der Waals surface area contributed by atoms with Crippen LogP contribution in [-0.2, 0) is 0 Å². The highest BCUT2D eigenvalue weighted by Crippen LogP contribution is 2.13. The molecule has 0 bridgehead atoms. The summed E-state index contributed by atoms with van der Waals surface area (Å²) >= 11 is 0. The topological polar surface area (TPSA) is 98.0 Å². The van der Waals surface area contributed by atoms with Crippen molar-refractivity contribution in [3.05, 3.63) is 54.1 Å². The number of nitrogens with two attached hydrogens (primary N) is 1. The molecule has 2 amide bonds. The van der Waals surface area contributed by atoms with Crippen LogP contribution in [0.25, 0.3) is 0 Å². The summed E-state index contributed by atoms with van der Waals surface area (Å²) in [6.07, 6.45) is 5.82. The number of nitrogens with zero attached hydrogens (tertiary/aromatic N) is 2. The molecule has 0 fully saturated rings. The van der Waals surface area contributed by atoms with Crippen molar-refractivity contribution < 1.29 is 9.59 Å². The monoisotopic (exact) mass is 242 g/mol. The molecule has 0 saturated heterocycles. The van der Waals surface area contributed by atoms with E-state index in [0.29, 0.717) is 5.56 Å². The molecule has 0 spiro atoms. The molecule has 3 N–H and O–H groups in total. The van der Waals surface area contributed by atoms with Crippen molar-refractivity contribution in [2.75, 3.05) is 5.32 Å². The van der Waals surface area contributed by atoms with Crippen molar-refractivity contribution >= 4 is 17.5 Å². The van der Waals surface area contributed by atoms with E-state index in [1.165, 1.54) is 30.9 Å². The van der Waals surface area contributed by atoms with Gasteiger partial charge in [-0.25, -0.2) is 0 Å². The third-order valence-electron chi connectivity index (χ3n) is 2.28. The predicted octanol–water partition coefficient (Wildman–Crippen LogP) is 0.828. The van der Waals surface area contributed by atoms with Crippen LogP contribution in [0.1, 0.15) is 20.7 Å². The zero-order valence-electron chi connectivity index (χ0n) is 9.33. The van der Waals surface area contributed by atoms with Gasteiger partial charge in [0.2, 0.25) is 0 Å². The SMILES string of the molecule is NC(=O)c1ccncc1NC(=O)c1ccncc1. The van der Waals surface area contributed by atoms with Gasteiger partial charge in [-0.1, -0.05) is 0 Å². The summed E-state index contributed by atoms with van der Waals surface area (Å²) in [4.78, 5) is 30.7. The number of aromatic nitrogens is 2. The molecule has 0 aliphatic rings. The molecule has 2 heterocycles. The van der Waals surface area contributed by atoms with Crippen LogP contribution in [0.2, 0.25) is 0 Å². The van der Waals surface area contributed by atoms with E-state index in [-0.39, 0.29) is 17.2 Å². The van der Waals surface area contributed by atoms with Gasteiger partial charge in [0.05, 0.1) is 17.4 Å². The van der Waals surface area contributed by atoms with Crippen molar-refractivity contribution in [1.82, 2.24) is 9.97 Å². The van der Waals surface area contributed by atoms with Gasteiger partial charge in [-0.3, -0.25) is 19.6 Å². The van der Waals surface area contributed by atoms with E-state index < -0.39 is 5.91 Å². The number of amides is 2. The van der Waals surface area contributed by atoms with Gasteiger partial charge in [0, 0.05) is 24.2 Å². The largest absolute Gasteiger partial charge is 0.366 e. The average Bonchev–Trinajstić information content (AvgIpc) is 2.40. The maximum atomic E-state index is 11.9. The molecule has 18 heavy (non-hydrogen) atoms. The van der Waals surface area contributed by atoms with E-state index in [0.717, 1.165) is 0 Å². The van der Waals surface area contributed by atoms with Gasteiger partial charge in [0.25, 0.3) is 11.8 Å². The maximum absolute atomic E-state index is 11.9. The van der Waals surface area contributed by atoms with Gasteiger partial charge in [-0.15, -0.1) is 0 Å². The van der Waals surface area contributed by atoms with E-state index in [9.17, 15) is 9.59 Å². The number of hydrogen-bond acceptors (Lipinski definition) is 4. The van der Waals surface area contributed by atoms with Crippen molar-refractivity contribution in [2.24, 2.45) is 5.73 Å². The molecular formula is C12H10N4O2. The van der Waals surface area contributed by atoms with E-state index in [2.05, 4.69) is 15.3 Å². The second kappa shape index (κ2) is 5.05. The van der Waals surface area contributed by atoms with Gasteiger partial charge >= 0.3 is 0 Å². The normalized spacial score (nSPS) is 9.78. The van der Waals surface area contributed by atoms with Crippen LogP contribution >= 0.6 is 0 Å². The lowest BCUT2D eigenvalue weighted by Crippen LogP contribution is -2.18. The first-order valence-corrected chi connectivity index (χ1v) is 5.13. The van der Waals surface area contributed by atoms with Gasteiger partial charge in [0.15, 0.2) is 0 Å². The van der Waals surface area contributed by atoms with Crippen LogP contribution in [-0.4, -0.2) is 21.8 Å². The molecule has 0 radical (unpaired) electrons. The van der Waals surface area contributed by atoms with Gasteiger partial charge in [-0.2, -0.15) is 0 Å². The molecule has 0 aliphatic heterocycles. The second-order valence-corrected chi connectivity index (χ2v) is 3.48. The smallest absolute Gasteiger partial charge is 0.255 e. The number of primary amides is 1. The number of carbonyl (C=O) groups excluding carboxylic acids is 2. The molecule has 0 aliphatic carbocycles. The Hall–Kier alpha value is -2.76. The van der Waals surface area contributed by atoms with Crippen LogP contribution in [0.5, 0.6) is 0 Å². The first kappa shape index (κ1) is 11.7. The molecule has 0 atom stereocenters. The highest BCUT2D eigenvalue weighted by atomic mass is 16.2. The fourth-order valence-electron chi connectivity index (χ4n) is 1.41. The summed E-state index contributed by atoms with van der Waals surface area (Å²) in [5.74, 6) is -0.977. The molecule has 0 saturated carbocycles. The number of hydrogen-bond donors (Lipinski definition) is 2. The lowest BCUT2D eigenvalue weighted by Gasteiger charge is -2.07. The molecule has 2 aromatic heterocycles. The Morgan fingerprint density at radius 2 is 1.72 bits per heavy atom. The third kappa shape index (κ3) is 2.49. The Balaban J connectivity index is 2.25. The standard InChI is InChI=1S/C12H10N4O2/c13-11(17)9-3-6-15-7-10(9)16-12(18)8-1-4-14-5-2-8/h1-7H,(H2,13,17)(H,16,18). The summed E-state index contributed by atoms with van der Waals surface area (Å²) in [6, 6.07) is 4.58. The van der Waals surface area contributed by atoms with Crippen molar-refractivity contribution in [1.29, 1.82) is 0 Å². The van der Waals surface area contributed by atoms with Crippen LogP contribution in [0.15, 0.2) is 43.0 Å². The molecule has 90 valence electrons. The lowest BCUT2D eigenvalue weighted by atomic mass is 10.2. The van der Waals surface area contributed by atoms with E-state index in [1.807, 2.05) is 0 Å². The Morgan fingerprint density at radius 3 is 2.39 bits per heavy atom. The highest BCUT2D eigenvalue weighted by Gasteiger charge is 2.11. The van der Waals surface area contributed by atoms with Crippen LogP contribution in [0, 0.1) is 0 Å². The fraction of sp³-hybridized carbons (Fsp3) is 0. The van der Waals surface area contributed by atoms with E-state index >= 15 is 0 Å². The summed E-state index contributed by atoms with van der Waals surface area (Å²) < 4.78 is 0.